The van der Waals surface area contributed by atoms with Gasteiger partial charge in [-0.3, -0.25) is 4.90 Å². The molecule has 0 aliphatic carbocycles. The molecule has 0 spiro atoms. The van der Waals surface area contributed by atoms with Crippen LogP contribution in [0.5, 0.6) is 0 Å². The van der Waals surface area contributed by atoms with Crippen LogP contribution in [0.1, 0.15) is 40.5 Å². The first-order valence-electron chi connectivity index (χ1n) is 5.75. The van der Waals surface area contributed by atoms with Crippen LogP contribution in [0, 0.1) is 0 Å². The third-order valence-electron chi connectivity index (χ3n) is 3.44. The van der Waals surface area contributed by atoms with E-state index in [-0.39, 0.29) is 0 Å². The monoisotopic (exact) mass is 198 g/mol. The van der Waals surface area contributed by atoms with E-state index in [4.69, 9.17) is 0 Å². The Kier molecular flexibility index (Phi) is 3.59. The van der Waals surface area contributed by atoms with Crippen LogP contribution in [0.15, 0.2) is 0 Å². The number of rotatable bonds is 1. The summed E-state index contributed by atoms with van der Waals surface area (Å²) >= 11 is 0. The van der Waals surface area contributed by atoms with Crippen molar-refractivity contribution in [2.75, 3.05) is 20.6 Å². The molecule has 0 bridgehead atoms. The summed E-state index contributed by atoms with van der Waals surface area (Å²) in [7, 11) is 4.40. The van der Waals surface area contributed by atoms with Gasteiger partial charge in [-0.05, 0) is 54.6 Å². The maximum absolute atomic E-state index is 2.63. The zero-order chi connectivity index (χ0) is 10.9. The molecule has 14 heavy (non-hydrogen) atoms. The Morgan fingerprint density at radius 3 is 2.14 bits per heavy atom. The van der Waals surface area contributed by atoms with Crippen LogP contribution in [0.25, 0.3) is 0 Å². The fourth-order valence-electron chi connectivity index (χ4n) is 2.61. The molecule has 1 aliphatic rings. The minimum Gasteiger partial charge on any atom is -0.306 e. The Morgan fingerprint density at radius 2 is 1.79 bits per heavy atom. The van der Waals surface area contributed by atoms with Gasteiger partial charge in [-0.1, -0.05) is 0 Å². The number of hydrogen-bond donors (Lipinski definition) is 0. The van der Waals surface area contributed by atoms with Crippen LogP contribution in [0.2, 0.25) is 0 Å². The van der Waals surface area contributed by atoms with Crippen molar-refractivity contribution in [3.8, 4) is 0 Å². The van der Waals surface area contributed by atoms with Crippen molar-refractivity contribution >= 4 is 0 Å². The van der Waals surface area contributed by atoms with Crippen molar-refractivity contribution in [1.82, 2.24) is 9.80 Å². The molecule has 0 aromatic rings. The molecule has 1 heterocycles. The highest BCUT2D eigenvalue weighted by Crippen LogP contribution is 2.26. The highest BCUT2D eigenvalue weighted by molar-refractivity contribution is 4.89. The molecule has 0 aromatic carbocycles. The van der Waals surface area contributed by atoms with Crippen molar-refractivity contribution in [1.29, 1.82) is 0 Å². The minimum absolute atomic E-state index is 0.330. The molecule has 1 saturated heterocycles. The summed E-state index contributed by atoms with van der Waals surface area (Å²) in [5.41, 5.74) is 0.330. The molecule has 2 heteroatoms. The summed E-state index contributed by atoms with van der Waals surface area (Å²) in [6, 6.07) is 1.50. The number of piperidine rings is 1. The second-order valence-corrected chi connectivity index (χ2v) is 5.86. The molecule has 2 atom stereocenters. The van der Waals surface area contributed by atoms with Crippen molar-refractivity contribution in [3.05, 3.63) is 0 Å². The highest BCUT2D eigenvalue weighted by atomic mass is 15.2. The zero-order valence-electron chi connectivity index (χ0n) is 10.7. The van der Waals surface area contributed by atoms with Crippen molar-refractivity contribution < 1.29 is 0 Å². The van der Waals surface area contributed by atoms with Gasteiger partial charge in [0.25, 0.3) is 0 Å². The van der Waals surface area contributed by atoms with Crippen LogP contribution in [0.3, 0.4) is 0 Å². The summed E-state index contributed by atoms with van der Waals surface area (Å²) in [6.45, 7) is 10.6. The summed E-state index contributed by atoms with van der Waals surface area (Å²) in [5.74, 6) is 0. The Hall–Kier alpha value is -0.0800. The molecule has 2 nitrogen and oxygen atoms in total. The van der Waals surface area contributed by atoms with E-state index in [0.29, 0.717) is 5.54 Å². The van der Waals surface area contributed by atoms with E-state index in [1.807, 2.05) is 0 Å². The van der Waals surface area contributed by atoms with Crippen molar-refractivity contribution in [2.45, 2.75) is 58.2 Å². The molecule has 0 aromatic heterocycles. The SMILES string of the molecule is CC1CC(N(C)C)CCN1C(C)(C)C. The predicted octanol–water partition coefficient (Wildman–Crippen LogP) is 2.20. The lowest BCUT2D eigenvalue weighted by Gasteiger charge is -2.46. The van der Waals surface area contributed by atoms with Gasteiger partial charge in [-0.15, -0.1) is 0 Å². The first kappa shape index (κ1) is 12.0. The molecule has 2 unspecified atom stereocenters. The molecule has 1 rings (SSSR count). The lowest BCUT2D eigenvalue weighted by molar-refractivity contribution is 0.0284. The third-order valence-corrected chi connectivity index (χ3v) is 3.44. The molecule has 0 saturated carbocycles. The lowest BCUT2D eigenvalue weighted by atomic mass is 9.92. The zero-order valence-corrected chi connectivity index (χ0v) is 10.7. The Bertz CT molecular complexity index is 181. The fourth-order valence-corrected chi connectivity index (χ4v) is 2.61. The van der Waals surface area contributed by atoms with Crippen LogP contribution in [-0.2, 0) is 0 Å². The first-order valence-corrected chi connectivity index (χ1v) is 5.75. The first-order chi connectivity index (χ1) is 6.32. The summed E-state index contributed by atoms with van der Waals surface area (Å²) < 4.78 is 0. The van der Waals surface area contributed by atoms with Crippen molar-refractivity contribution in [3.63, 3.8) is 0 Å². The van der Waals surface area contributed by atoms with E-state index in [0.717, 1.165) is 12.1 Å². The van der Waals surface area contributed by atoms with Crippen LogP contribution in [0.4, 0.5) is 0 Å². The van der Waals surface area contributed by atoms with E-state index in [1.54, 1.807) is 0 Å². The van der Waals surface area contributed by atoms with E-state index in [2.05, 4.69) is 51.6 Å². The van der Waals surface area contributed by atoms with E-state index in [9.17, 15) is 0 Å². The number of likely N-dealkylation sites (tertiary alicyclic amines) is 1. The van der Waals surface area contributed by atoms with Gasteiger partial charge in [0.05, 0.1) is 0 Å². The van der Waals surface area contributed by atoms with Gasteiger partial charge in [-0.2, -0.15) is 0 Å². The fraction of sp³-hybridized carbons (Fsp3) is 1.00. The highest BCUT2D eigenvalue weighted by Gasteiger charge is 2.32. The second-order valence-electron chi connectivity index (χ2n) is 5.86. The van der Waals surface area contributed by atoms with Crippen molar-refractivity contribution in [2.24, 2.45) is 0 Å². The molecule has 1 aliphatic heterocycles. The smallest absolute Gasteiger partial charge is 0.0127 e. The van der Waals surface area contributed by atoms with Gasteiger partial charge in [0.15, 0.2) is 0 Å². The van der Waals surface area contributed by atoms with Gasteiger partial charge in [-0.25, -0.2) is 0 Å². The molecule has 0 N–H and O–H groups in total. The molecule has 84 valence electrons. The Morgan fingerprint density at radius 1 is 1.21 bits per heavy atom. The molecule has 1 fully saturated rings. The van der Waals surface area contributed by atoms with Gasteiger partial charge in [0, 0.05) is 24.2 Å². The second kappa shape index (κ2) is 4.19. The van der Waals surface area contributed by atoms with E-state index < -0.39 is 0 Å². The average molecular weight is 198 g/mol. The summed E-state index contributed by atoms with van der Waals surface area (Å²) in [4.78, 5) is 5.00. The number of nitrogens with zero attached hydrogens (tertiary/aromatic N) is 2. The van der Waals surface area contributed by atoms with Gasteiger partial charge in [0.2, 0.25) is 0 Å². The van der Waals surface area contributed by atoms with Crippen LogP contribution < -0.4 is 0 Å². The quantitative estimate of drug-likeness (QED) is 0.637. The largest absolute Gasteiger partial charge is 0.306 e. The molecule has 0 amide bonds. The van der Waals surface area contributed by atoms with Gasteiger partial charge >= 0.3 is 0 Å². The Balaban J connectivity index is 2.56. The molecular weight excluding hydrogens is 172 g/mol. The summed E-state index contributed by atoms with van der Waals surface area (Å²) in [5, 5.41) is 0. The lowest BCUT2D eigenvalue weighted by Crippen LogP contribution is -2.54. The number of hydrogen-bond acceptors (Lipinski definition) is 2. The maximum atomic E-state index is 2.63. The Labute approximate surface area is 89.3 Å². The summed E-state index contributed by atoms with van der Waals surface area (Å²) in [6.07, 6.45) is 2.62. The van der Waals surface area contributed by atoms with E-state index in [1.165, 1.54) is 19.4 Å². The standard InChI is InChI=1S/C12H26N2/c1-10-9-11(13(5)6)7-8-14(10)12(2,3)4/h10-11H,7-9H2,1-6H3. The minimum atomic E-state index is 0.330. The van der Waals surface area contributed by atoms with E-state index >= 15 is 0 Å². The van der Waals surface area contributed by atoms with Gasteiger partial charge in [0.1, 0.15) is 0 Å². The predicted molar refractivity (Wildman–Crippen MR) is 62.6 cm³/mol. The molecular formula is C12H26N2. The average Bonchev–Trinajstić information content (AvgIpc) is 2.01. The van der Waals surface area contributed by atoms with Gasteiger partial charge < -0.3 is 4.90 Å². The van der Waals surface area contributed by atoms with Crippen LogP contribution in [-0.4, -0.2) is 48.1 Å². The normalized spacial score (nSPS) is 31.1. The van der Waals surface area contributed by atoms with Crippen LogP contribution >= 0.6 is 0 Å². The third kappa shape index (κ3) is 2.71. The topological polar surface area (TPSA) is 6.48 Å². The maximum Gasteiger partial charge on any atom is 0.0127 e. The molecule has 0 radical (unpaired) electrons.